The van der Waals surface area contributed by atoms with Crippen LogP contribution >= 0.6 is 15.9 Å². The molecule has 0 fully saturated rings. The maximum atomic E-state index is 13.7. The molecule has 0 aliphatic rings. The standard InChI is InChI=1S/C15H16BrFN2/c16-13-5-4-12(15(17)9-13)8-14(18)6-3-11-2-1-7-19-10-11/h1-2,4-5,7,9-10,14H,3,6,8,18H2. The first-order chi connectivity index (χ1) is 9.15. The number of aromatic nitrogens is 1. The van der Waals surface area contributed by atoms with Gasteiger partial charge in [0, 0.05) is 22.9 Å². The number of aryl methyl sites for hydroxylation is 1. The molecule has 1 aromatic carbocycles. The Morgan fingerprint density at radius 2 is 2.16 bits per heavy atom. The van der Waals surface area contributed by atoms with Gasteiger partial charge in [0.25, 0.3) is 0 Å². The van der Waals surface area contributed by atoms with Crippen molar-refractivity contribution in [3.63, 3.8) is 0 Å². The van der Waals surface area contributed by atoms with E-state index in [-0.39, 0.29) is 11.9 Å². The summed E-state index contributed by atoms with van der Waals surface area (Å²) in [7, 11) is 0. The number of rotatable bonds is 5. The minimum atomic E-state index is -0.203. The molecule has 2 aromatic rings. The van der Waals surface area contributed by atoms with Crippen LogP contribution in [0.15, 0.2) is 47.2 Å². The van der Waals surface area contributed by atoms with Crippen LogP contribution in [-0.2, 0) is 12.8 Å². The summed E-state index contributed by atoms with van der Waals surface area (Å²) in [6.45, 7) is 0. The van der Waals surface area contributed by atoms with Gasteiger partial charge in [-0.05, 0) is 48.6 Å². The molecule has 2 nitrogen and oxygen atoms in total. The first-order valence-electron chi connectivity index (χ1n) is 6.23. The molecule has 0 amide bonds. The summed E-state index contributed by atoms with van der Waals surface area (Å²) in [4.78, 5) is 4.06. The predicted octanol–water partition coefficient (Wildman–Crippen LogP) is 3.49. The van der Waals surface area contributed by atoms with Crippen molar-refractivity contribution in [2.75, 3.05) is 0 Å². The minimum Gasteiger partial charge on any atom is -0.327 e. The second-order valence-corrected chi connectivity index (χ2v) is 5.52. The molecule has 0 saturated heterocycles. The minimum absolute atomic E-state index is 0.0455. The van der Waals surface area contributed by atoms with Gasteiger partial charge in [-0.25, -0.2) is 4.39 Å². The SMILES string of the molecule is NC(CCc1cccnc1)Cc1ccc(Br)cc1F. The fourth-order valence-corrected chi connectivity index (χ4v) is 2.30. The highest BCUT2D eigenvalue weighted by molar-refractivity contribution is 9.10. The van der Waals surface area contributed by atoms with Gasteiger partial charge >= 0.3 is 0 Å². The summed E-state index contributed by atoms with van der Waals surface area (Å²) in [5, 5.41) is 0. The molecule has 0 aliphatic carbocycles. The maximum absolute atomic E-state index is 13.7. The van der Waals surface area contributed by atoms with E-state index < -0.39 is 0 Å². The summed E-state index contributed by atoms with van der Waals surface area (Å²) >= 11 is 3.25. The lowest BCUT2D eigenvalue weighted by molar-refractivity contribution is 0.565. The van der Waals surface area contributed by atoms with E-state index in [1.165, 1.54) is 6.07 Å². The van der Waals surface area contributed by atoms with Crippen LogP contribution in [-0.4, -0.2) is 11.0 Å². The van der Waals surface area contributed by atoms with Gasteiger partial charge < -0.3 is 5.73 Å². The Morgan fingerprint density at radius 1 is 1.32 bits per heavy atom. The molecule has 2 rings (SSSR count). The molecule has 1 atom stereocenters. The van der Waals surface area contributed by atoms with E-state index in [0.29, 0.717) is 12.0 Å². The van der Waals surface area contributed by atoms with E-state index in [0.717, 1.165) is 22.9 Å². The van der Waals surface area contributed by atoms with Crippen molar-refractivity contribution in [3.05, 3.63) is 64.1 Å². The zero-order valence-corrected chi connectivity index (χ0v) is 12.1. The summed E-state index contributed by atoms with van der Waals surface area (Å²) < 4.78 is 14.4. The molecule has 0 bridgehead atoms. The van der Waals surface area contributed by atoms with Crippen LogP contribution in [0.3, 0.4) is 0 Å². The average Bonchev–Trinajstić information content (AvgIpc) is 2.41. The fraction of sp³-hybridized carbons (Fsp3) is 0.267. The first kappa shape index (κ1) is 14.2. The first-order valence-corrected chi connectivity index (χ1v) is 7.03. The smallest absolute Gasteiger partial charge is 0.127 e. The van der Waals surface area contributed by atoms with Crippen molar-refractivity contribution < 1.29 is 4.39 Å². The van der Waals surface area contributed by atoms with E-state index in [4.69, 9.17) is 5.73 Å². The highest BCUT2D eigenvalue weighted by Crippen LogP contribution is 2.17. The van der Waals surface area contributed by atoms with Gasteiger partial charge in [0.15, 0.2) is 0 Å². The maximum Gasteiger partial charge on any atom is 0.127 e. The van der Waals surface area contributed by atoms with Crippen molar-refractivity contribution in [1.29, 1.82) is 0 Å². The number of nitrogens with zero attached hydrogens (tertiary/aromatic N) is 1. The fourth-order valence-electron chi connectivity index (χ4n) is 1.97. The molecular weight excluding hydrogens is 307 g/mol. The van der Waals surface area contributed by atoms with E-state index in [9.17, 15) is 4.39 Å². The molecule has 0 spiro atoms. The van der Waals surface area contributed by atoms with Crippen molar-refractivity contribution in [2.45, 2.75) is 25.3 Å². The highest BCUT2D eigenvalue weighted by Gasteiger charge is 2.09. The molecule has 19 heavy (non-hydrogen) atoms. The Hall–Kier alpha value is -1.26. The van der Waals surface area contributed by atoms with E-state index >= 15 is 0 Å². The molecular formula is C15H16BrFN2. The van der Waals surface area contributed by atoms with Gasteiger partial charge in [-0.2, -0.15) is 0 Å². The molecule has 1 unspecified atom stereocenters. The largest absolute Gasteiger partial charge is 0.327 e. The van der Waals surface area contributed by atoms with Crippen molar-refractivity contribution in [3.8, 4) is 0 Å². The van der Waals surface area contributed by atoms with E-state index in [2.05, 4.69) is 20.9 Å². The zero-order valence-electron chi connectivity index (χ0n) is 10.5. The monoisotopic (exact) mass is 322 g/mol. The predicted molar refractivity (Wildman–Crippen MR) is 78.3 cm³/mol. The van der Waals surface area contributed by atoms with Crippen molar-refractivity contribution in [2.24, 2.45) is 5.73 Å². The van der Waals surface area contributed by atoms with Gasteiger partial charge in [0.2, 0.25) is 0 Å². The van der Waals surface area contributed by atoms with Crippen LogP contribution in [0, 0.1) is 5.82 Å². The molecule has 0 aliphatic heterocycles. The summed E-state index contributed by atoms with van der Waals surface area (Å²) in [5.41, 5.74) is 7.89. The second-order valence-electron chi connectivity index (χ2n) is 4.60. The number of hydrogen-bond acceptors (Lipinski definition) is 2. The Labute approximate surface area is 121 Å². The number of pyridine rings is 1. The van der Waals surface area contributed by atoms with Crippen molar-refractivity contribution >= 4 is 15.9 Å². The second kappa shape index (κ2) is 6.78. The summed E-state index contributed by atoms with van der Waals surface area (Å²) in [6, 6.07) is 8.99. The van der Waals surface area contributed by atoms with Crippen LogP contribution in [0.4, 0.5) is 4.39 Å². The Kier molecular flexibility index (Phi) is 5.05. The third-order valence-corrected chi connectivity index (χ3v) is 3.52. The molecule has 1 aromatic heterocycles. The van der Waals surface area contributed by atoms with Crippen LogP contribution < -0.4 is 5.73 Å². The molecule has 2 N–H and O–H groups in total. The third kappa shape index (κ3) is 4.40. The normalized spacial score (nSPS) is 12.4. The zero-order chi connectivity index (χ0) is 13.7. The molecule has 0 radical (unpaired) electrons. The molecule has 100 valence electrons. The lowest BCUT2D eigenvalue weighted by Gasteiger charge is -2.12. The average molecular weight is 323 g/mol. The van der Waals surface area contributed by atoms with E-state index in [1.54, 1.807) is 12.3 Å². The molecule has 0 saturated carbocycles. The van der Waals surface area contributed by atoms with Crippen LogP contribution in [0.5, 0.6) is 0 Å². The summed E-state index contributed by atoms with van der Waals surface area (Å²) in [6.07, 6.45) is 5.83. The Morgan fingerprint density at radius 3 is 2.84 bits per heavy atom. The van der Waals surface area contributed by atoms with Gasteiger partial charge in [-0.1, -0.05) is 28.1 Å². The van der Waals surface area contributed by atoms with E-state index in [1.807, 2.05) is 24.4 Å². The highest BCUT2D eigenvalue weighted by atomic mass is 79.9. The Balaban J connectivity index is 1.89. The lowest BCUT2D eigenvalue weighted by atomic mass is 10.0. The molecule has 4 heteroatoms. The summed E-state index contributed by atoms with van der Waals surface area (Å²) in [5.74, 6) is -0.203. The number of hydrogen-bond donors (Lipinski definition) is 1. The van der Waals surface area contributed by atoms with Gasteiger partial charge in [-0.3, -0.25) is 4.98 Å². The quantitative estimate of drug-likeness (QED) is 0.915. The number of nitrogens with two attached hydrogens (primary N) is 1. The van der Waals surface area contributed by atoms with Gasteiger partial charge in [0.1, 0.15) is 5.82 Å². The van der Waals surface area contributed by atoms with Gasteiger partial charge in [0.05, 0.1) is 0 Å². The van der Waals surface area contributed by atoms with Crippen LogP contribution in [0.1, 0.15) is 17.5 Å². The van der Waals surface area contributed by atoms with Crippen LogP contribution in [0.2, 0.25) is 0 Å². The number of benzene rings is 1. The lowest BCUT2D eigenvalue weighted by Crippen LogP contribution is -2.24. The third-order valence-electron chi connectivity index (χ3n) is 3.02. The molecule has 1 heterocycles. The van der Waals surface area contributed by atoms with Crippen molar-refractivity contribution in [1.82, 2.24) is 4.98 Å². The van der Waals surface area contributed by atoms with Gasteiger partial charge in [-0.15, -0.1) is 0 Å². The number of halogens is 2. The van der Waals surface area contributed by atoms with Crippen LogP contribution in [0.25, 0.3) is 0 Å². The topological polar surface area (TPSA) is 38.9 Å². The Bertz CT molecular complexity index is 531.